The summed E-state index contributed by atoms with van der Waals surface area (Å²) in [6, 6.07) is 0. The molecule has 1 saturated carbocycles. The van der Waals surface area contributed by atoms with Crippen molar-refractivity contribution in [1.29, 1.82) is 0 Å². The van der Waals surface area contributed by atoms with Gasteiger partial charge >= 0.3 is 0 Å². The molecule has 0 radical (unpaired) electrons. The zero-order valence-electron chi connectivity index (χ0n) is 13.2. The molecule has 1 spiro atoms. The fraction of sp³-hybridized carbons (Fsp3) is 0.933. The highest BCUT2D eigenvalue weighted by Gasteiger charge is 2.43. The smallest absolute Gasteiger partial charge is 0.189 e. The van der Waals surface area contributed by atoms with Crippen molar-refractivity contribution in [3.63, 3.8) is 0 Å². The molecule has 0 aromatic rings. The second-order valence-electron chi connectivity index (χ2n) is 7.24. The Balaban J connectivity index is 1.80. The summed E-state index contributed by atoms with van der Waals surface area (Å²) >= 11 is 0. The van der Waals surface area contributed by atoms with Gasteiger partial charge < -0.3 is 20.5 Å². The van der Waals surface area contributed by atoms with Gasteiger partial charge in [0.15, 0.2) is 11.7 Å². The van der Waals surface area contributed by atoms with Crippen molar-refractivity contribution < 1.29 is 9.47 Å². The van der Waals surface area contributed by atoms with Crippen LogP contribution < -0.4 is 11.1 Å². The first-order chi connectivity index (χ1) is 9.28. The molecule has 1 aliphatic carbocycles. The summed E-state index contributed by atoms with van der Waals surface area (Å²) in [5, 5.41) is 3.15. The van der Waals surface area contributed by atoms with Crippen molar-refractivity contribution >= 4 is 5.96 Å². The van der Waals surface area contributed by atoms with Gasteiger partial charge in [0.25, 0.3) is 0 Å². The number of hydrogen-bond donors (Lipinski definition) is 2. The molecule has 2 fully saturated rings. The fourth-order valence-corrected chi connectivity index (χ4v) is 2.79. The molecule has 20 heavy (non-hydrogen) atoms. The van der Waals surface area contributed by atoms with Gasteiger partial charge in [-0.15, -0.1) is 0 Å². The van der Waals surface area contributed by atoms with Gasteiger partial charge in [0.2, 0.25) is 0 Å². The minimum absolute atomic E-state index is 0.0312. The van der Waals surface area contributed by atoms with E-state index in [2.05, 4.69) is 38.0 Å². The Labute approximate surface area is 122 Å². The molecule has 1 saturated heterocycles. The topological polar surface area (TPSA) is 68.9 Å². The Bertz CT molecular complexity index is 355. The van der Waals surface area contributed by atoms with E-state index in [-0.39, 0.29) is 17.4 Å². The number of rotatable bonds is 2. The van der Waals surface area contributed by atoms with E-state index in [1.807, 2.05) is 0 Å². The van der Waals surface area contributed by atoms with Crippen LogP contribution in [0.15, 0.2) is 4.99 Å². The lowest BCUT2D eigenvalue weighted by atomic mass is 9.86. The van der Waals surface area contributed by atoms with E-state index in [0.717, 1.165) is 18.8 Å². The Kier molecular flexibility index (Phi) is 4.59. The van der Waals surface area contributed by atoms with E-state index in [1.165, 1.54) is 12.8 Å². The number of hydrogen-bond acceptors (Lipinski definition) is 3. The summed E-state index contributed by atoms with van der Waals surface area (Å²) in [4.78, 5) is 4.36. The predicted octanol–water partition coefficient (Wildman–Crippen LogP) is 2.01. The Morgan fingerprint density at radius 1 is 1.35 bits per heavy atom. The summed E-state index contributed by atoms with van der Waals surface area (Å²) in [5.41, 5.74) is 5.80. The average molecular weight is 283 g/mol. The van der Waals surface area contributed by atoms with Crippen molar-refractivity contribution in [3.8, 4) is 0 Å². The van der Waals surface area contributed by atoms with Crippen LogP contribution in [0.3, 0.4) is 0 Å². The lowest BCUT2D eigenvalue weighted by Crippen LogP contribution is -2.45. The first kappa shape index (κ1) is 15.6. The van der Waals surface area contributed by atoms with Crippen LogP contribution in [0.2, 0.25) is 0 Å². The van der Waals surface area contributed by atoms with E-state index in [0.29, 0.717) is 19.1 Å². The average Bonchev–Trinajstić information content (AvgIpc) is 2.73. The van der Waals surface area contributed by atoms with Gasteiger partial charge in [0.1, 0.15) is 6.10 Å². The highest BCUT2D eigenvalue weighted by molar-refractivity contribution is 5.78. The highest BCUT2D eigenvalue weighted by atomic mass is 16.7. The van der Waals surface area contributed by atoms with Gasteiger partial charge in [-0.25, -0.2) is 0 Å². The zero-order chi connectivity index (χ0) is 14.8. The second kappa shape index (κ2) is 5.90. The van der Waals surface area contributed by atoms with Crippen molar-refractivity contribution in [2.24, 2.45) is 16.6 Å². The second-order valence-corrected chi connectivity index (χ2v) is 7.24. The van der Waals surface area contributed by atoms with Crippen LogP contribution in [-0.4, -0.2) is 36.5 Å². The normalized spacial score (nSPS) is 35.5. The molecule has 116 valence electrons. The molecule has 1 unspecified atom stereocenters. The highest BCUT2D eigenvalue weighted by Crippen LogP contribution is 2.39. The van der Waals surface area contributed by atoms with Crippen molar-refractivity contribution in [2.45, 2.75) is 70.8 Å². The maximum absolute atomic E-state index is 6.11. The summed E-state index contributed by atoms with van der Waals surface area (Å²) in [6.45, 7) is 9.66. The summed E-state index contributed by atoms with van der Waals surface area (Å²) in [7, 11) is 0. The maximum atomic E-state index is 6.11. The van der Waals surface area contributed by atoms with Crippen LogP contribution in [-0.2, 0) is 9.47 Å². The molecule has 0 amide bonds. The molecular weight excluding hydrogens is 254 g/mol. The van der Waals surface area contributed by atoms with Gasteiger partial charge in [0, 0.05) is 18.4 Å². The molecule has 1 heterocycles. The van der Waals surface area contributed by atoms with Crippen LogP contribution in [0, 0.1) is 5.92 Å². The van der Waals surface area contributed by atoms with Crippen LogP contribution in [0.25, 0.3) is 0 Å². The molecular formula is C15H29N3O2. The number of nitrogens with two attached hydrogens (primary N) is 1. The molecule has 2 rings (SSSR count). The first-order valence-electron chi connectivity index (χ1n) is 7.68. The van der Waals surface area contributed by atoms with Gasteiger partial charge in [0.05, 0.1) is 13.2 Å². The molecule has 2 aliphatic rings. The number of nitrogens with one attached hydrogen (secondary N) is 1. The minimum atomic E-state index is -0.334. The number of aliphatic imine (C=N–C) groups is 1. The Hall–Kier alpha value is -0.810. The summed E-state index contributed by atoms with van der Waals surface area (Å²) in [5.74, 6) is 0.926. The van der Waals surface area contributed by atoms with Crippen LogP contribution in [0.4, 0.5) is 0 Å². The van der Waals surface area contributed by atoms with Gasteiger partial charge in [-0.2, -0.15) is 0 Å². The van der Waals surface area contributed by atoms with Gasteiger partial charge in [-0.3, -0.25) is 4.99 Å². The van der Waals surface area contributed by atoms with Crippen LogP contribution in [0.1, 0.15) is 53.4 Å². The summed E-state index contributed by atoms with van der Waals surface area (Å²) in [6.07, 6.45) is 4.41. The maximum Gasteiger partial charge on any atom is 0.189 e. The van der Waals surface area contributed by atoms with Gasteiger partial charge in [-0.1, -0.05) is 6.92 Å². The standard InChI is InChI=1S/C15H29N3O2/c1-11-5-7-15(8-6-11)19-10-12(20-15)9-17-13(16)18-14(2,3)4/h11-12H,5-10H2,1-4H3,(H3,16,17,18). The van der Waals surface area contributed by atoms with E-state index in [1.54, 1.807) is 0 Å². The zero-order valence-corrected chi connectivity index (χ0v) is 13.2. The molecule has 0 aromatic heterocycles. The van der Waals surface area contributed by atoms with Crippen molar-refractivity contribution in [1.82, 2.24) is 5.32 Å². The van der Waals surface area contributed by atoms with E-state index < -0.39 is 0 Å². The molecule has 5 nitrogen and oxygen atoms in total. The number of ether oxygens (including phenoxy) is 2. The third-order valence-electron chi connectivity index (χ3n) is 3.92. The molecule has 1 atom stereocenters. The number of nitrogens with zero attached hydrogens (tertiary/aromatic N) is 1. The van der Waals surface area contributed by atoms with Crippen LogP contribution >= 0.6 is 0 Å². The lowest BCUT2D eigenvalue weighted by Gasteiger charge is -2.34. The Morgan fingerprint density at radius 3 is 2.60 bits per heavy atom. The molecule has 1 aliphatic heterocycles. The third kappa shape index (κ3) is 4.35. The lowest BCUT2D eigenvalue weighted by molar-refractivity contribution is -0.190. The third-order valence-corrected chi connectivity index (χ3v) is 3.92. The van der Waals surface area contributed by atoms with E-state index in [9.17, 15) is 0 Å². The van der Waals surface area contributed by atoms with E-state index in [4.69, 9.17) is 15.2 Å². The molecule has 5 heteroatoms. The van der Waals surface area contributed by atoms with E-state index >= 15 is 0 Å². The monoisotopic (exact) mass is 283 g/mol. The fourth-order valence-electron chi connectivity index (χ4n) is 2.79. The SMILES string of the molecule is CC1CCC2(CC1)OCC(CN=C(N)NC(C)(C)C)O2. The van der Waals surface area contributed by atoms with Crippen LogP contribution in [0.5, 0.6) is 0 Å². The molecule has 3 N–H and O–H groups in total. The van der Waals surface area contributed by atoms with Crippen molar-refractivity contribution in [2.75, 3.05) is 13.2 Å². The predicted molar refractivity (Wildman–Crippen MR) is 80.6 cm³/mol. The van der Waals surface area contributed by atoms with Gasteiger partial charge in [-0.05, 0) is 39.5 Å². The number of guanidine groups is 1. The Morgan fingerprint density at radius 2 is 2.00 bits per heavy atom. The van der Waals surface area contributed by atoms with Crippen molar-refractivity contribution in [3.05, 3.63) is 0 Å². The largest absolute Gasteiger partial charge is 0.370 e. The minimum Gasteiger partial charge on any atom is -0.370 e. The summed E-state index contributed by atoms with van der Waals surface area (Å²) < 4.78 is 12.0. The quantitative estimate of drug-likeness (QED) is 0.601. The molecule has 0 aromatic carbocycles. The molecule has 0 bridgehead atoms. The first-order valence-corrected chi connectivity index (χ1v) is 7.68.